The van der Waals surface area contributed by atoms with E-state index in [0.29, 0.717) is 5.82 Å². The van der Waals surface area contributed by atoms with E-state index in [2.05, 4.69) is 15.5 Å². The van der Waals surface area contributed by atoms with E-state index in [1.54, 1.807) is 17.8 Å². The summed E-state index contributed by atoms with van der Waals surface area (Å²) in [6, 6.07) is 13.6. The summed E-state index contributed by atoms with van der Waals surface area (Å²) in [6.07, 6.45) is 0. The quantitative estimate of drug-likeness (QED) is 0.671. The first-order chi connectivity index (χ1) is 12.6. The summed E-state index contributed by atoms with van der Waals surface area (Å²) < 4.78 is 15.2. The van der Waals surface area contributed by atoms with Crippen molar-refractivity contribution in [1.29, 1.82) is 0 Å². The third-order valence-electron chi connectivity index (χ3n) is 3.73. The van der Waals surface area contributed by atoms with Gasteiger partial charge in [-0.05, 0) is 48.6 Å². The van der Waals surface area contributed by atoms with Crippen LogP contribution in [0.2, 0.25) is 0 Å². The molecular weight excluding hydrogens is 351 g/mol. The Kier molecular flexibility index (Phi) is 5.68. The Bertz CT molecular complexity index is 925. The van der Waals surface area contributed by atoms with E-state index in [9.17, 15) is 9.18 Å². The molecule has 3 rings (SSSR count). The summed E-state index contributed by atoms with van der Waals surface area (Å²) in [6.45, 7) is 4.26. The van der Waals surface area contributed by atoms with Gasteiger partial charge in [0.1, 0.15) is 5.82 Å². The molecule has 0 aliphatic carbocycles. The standard InChI is InChI=1S/C19H19FN4OS/c1-3-26-19-23-22-17(24(19)16-9-4-6-13(2)10-16)12-21-18(25)14-7-5-8-15(20)11-14/h4-11H,3,12H2,1-2H3,(H,21,25). The summed E-state index contributed by atoms with van der Waals surface area (Å²) >= 11 is 1.58. The van der Waals surface area contributed by atoms with E-state index in [1.807, 2.05) is 42.7 Å². The van der Waals surface area contributed by atoms with Crippen molar-refractivity contribution >= 4 is 17.7 Å². The molecule has 0 spiro atoms. The van der Waals surface area contributed by atoms with Gasteiger partial charge in [0.15, 0.2) is 11.0 Å². The van der Waals surface area contributed by atoms with Crippen molar-refractivity contribution < 1.29 is 9.18 Å². The van der Waals surface area contributed by atoms with Crippen LogP contribution in [0.4, 0.5) is 4.39 Å². The van der Waals surface area contributed by atoms with Crippen LogP contribution in [0.15, 0.2) is 53.7 Å². The lowest BCUT2D eigenvalue weighted by atomic mass is 10.2. The maximum Gasteiger partial charge on any atom is 0.251 e. The van der Waals surface area contributed by atoms with Gasteiger partial charge in [-0.1, -0.05) is 36.9 Å². The lowest BCUT2D eigenvalue weighted by Crippen LogP contribution is -2.24. The third-order valence-corrected chi connectivity index (χ3v) is 4.54. The molecule has 0 atom stereocenters. The van der Waals surface area contributed by atoms with Gasteiger partial charge in [0.25, 0.3) is 5.91 Å². The van der Waals surface area contributed by atoms with Gasteiger partial charge in [0.05, 0.1) is 6.54 Å². The molecule has 1 aromatic heterocycles. The highest BCUT2D eigenvalue weighted by atomic mass is 32.2. The van der Waals surface area contributed by atoms with Crippen molar-refractivity contribution in [3.63, 3.8) is 0 Å². The monoisotopic (exact) mass is 370 g/mol. The number of nitrogens with one attached hydrogen (secondary N) is 1. The Labute approximate surface area is 155 Å². The van der Waals surface area contributed by atoms with Crippen LogP contribution in [0, 0.1) is 12.7 Å². The zero-order valence-electron chi connectivity index (χ0n) is 14.6. The van der Waals surface area contributed by atoms with Crippen molar-refractivity contribution in [2.24, 2.45) is 0 Å². The van der Waals surface area contributed by atoms with Gasteiger partial charge in [0, 0.05) is 11.3 Å². The van der Waals surface area contributed by atoms with Crippen molar-refractivity contribution in [2.45, 2.75) is 25.5 Å². The molecule has 0 fully saturated rings. The molecule has 7 heteroatoms. The molecule has 1 N–H and O–H groups in total. The Balaban J connectivity index is 1.85. The van der Waals surface area contributed by atoms with Gasteiger partial charge in [0.2, 0.25) is 0 Å². The molecular formula is C19H19FN4OS. The maximum atomic E-state index is 13.3. The minimum atomic E-state index is -0.442. The smallest absolute Gasteiger partial charge is 0.251 e. The number of rotatable bonds is 6. The molecule has 2 aromatic carbocycles. The number of hydrogen-bond acceptors (Lipinski definition) is 4. The van der Waals surface area contributed by atoms with E-state index < -0.39 is 5.82 Å². The summed E-state index contributed by atoms with van der Waals surface area (Å²) in [7, 11) is 0. The number of halogens is 1. The van der Waals surface area contributed by atoms with Crippen LogP contribution in [0.3, 0.4) is 0 Å². The predicted octanol–water partition coefficient (Wildman–Crippen LogP) is 3.76. The molecule has 0 radical (unpaired) electrons. The second kappa shape index (κ2) is 8.14. The number of amides is 1. The van der Waals surface area contributed by atoms with Crippen LogP contribution >= 0.6 is 11.8 Å². The van der Waals surface area contributed by atoms with Gasteiger partial charge < -0.3 is 5.32 Å². The molecule has 1 amide bonds. The first kappa shape index (κ1) is 18.1. The number of nitrogens with zero attached hydrogens (tertiary/aromatic N) is 3. The average Bonchev–Trinajstić information content (AvgIpc) is 3.02. The minimum absolute atomic E-state index is 0.195. The molecule has 0 saturated carbocycles. The molecule has 0 saturated heterocycles. The van der Waals surface area contributed by atoms with Crippen LogP contribution in [-0.2, 0) is 6.54 Å². The summed E-state index contributed by atoms with van der Waals surface area (Å²) in [5.74, 6) is 0.686. The third kappa shape index (κ3) is 4.11. The highest BCUT2D eigenvalue weighted by Gasteiger charge is 2.15. The number of thioether (sulfide) groups is 1. The van der Waals surface area contributed by atoms with Gasteiger partial charge in [-0.2, -0.15) is 0 Å². The van der Waals surface area contributed by atoms with Crippen molar-refractivity contribution in [3.8, 4) is 5.69 Å². The minimum Gasteiger partial charge on any atom is -0.345 e. The molecule has 26 heavy (non-hydrogen) atoms. The average molecular weight is 370 g/mol. The summed E-state index contributed by atoms with van der Waals surface area (Å²) in [5.41, 5.74) is 2.34. The Morgan fingerprint density at radius 1 is 1.19 bits per heavy atom. The van der Waals surface area contributed by atoms with Gasteiger partial charge in [-0.3, -0.25) is 9.36 Å². The lowest BCUT2D eigenvalue weighted by molar-refractivity contribution is 0.0949. The molecule has 134 valence electrons. The maximum absolute atomic E-state index is 13.3. The van der Waals surface area contributed by atoms with Crippen LogP contribution in [0.5, 0.6) is 0 Å². The van der Waals surface area contributed by atoms with Gasteiger partial charge >= 0.3 is 0 Å². The van der Waals surface area contributed by atoms with Gasteiger partial charge in [-0.25, -0.2) is 4.39 Å². The van der Waals surface area contributed by atoms with Crippen LogP contribution < -0.4 is 5.32 Å². The second-order valence-corrected chi connectivity index (χ2v) is 6.93. The molecule has 5 nitrogen and oxygen atoms in total. The van der Waals surface area contributed by atoms with Crippen LogP contribution in [-0.4, -0.2) is 26.4 Å². The number of hydrogen-bond donors (Lipinski definition) is 1. The topological polar surface area (TPSA) is 59.8 Å². The predicted molar refractivity (Wildman–Crippen MR) is 100 cm³/mol. The highest BCUT2D eigenvalue weighted by molar-refractivity contribution is 7.99. The van der Waals surface area contributed by atoms with Crippen LogP contribution in [0.1, 0.15) is 28.7 Å². The SMILES string of the molecule is CCSc1nnc(CNC(=O)c2cccc(F)c2)n1-c1cccc(C)c1. The van der Waals surface area contributed by atoms with Crippen LogP contribution in [0.25, 0.3) is 5.69 Å². The fourth-order valence-corrected chi connectivity index (χ4v) is 3.25. The highest BCUT2D eigenvalue weighted by Crippen LogP contribution is 2.22. The number of carbonyl (C=O) groups is 1. The number of aromatic nitrogens is 3. The van der Waals surface area contributed by atoms with Gasteiger partial charge in [-0.15, -0.1) is 10.2 Å². The lowest BCUT2D eigenvalue weighted by Gasteiger charge is -2.11. The molecule has 0 unspecified atom stereocenters. The first-order valence-corrected chi connectivity index (χ1v) is 9.25. The largest absolute Gasteiger partial charge is 0.345 e. The van der Waals surface area contributed by atoms with Crippen molar-refractivity contribution in [3.05, 3.63) is 71.3 Å². The zero-order valence-corrected chi connectivity index (χ0v) is 15.4. The molecule has 3 aromatic rings. The molecule has 0 bridgehead atoms. The summed E-state index contributed by atoms with van der Waals surface area (Å²) in [5, 5.41) is 12.0. The Morgan fingerprint density at radius 3 is 2.73 bits per heavy atom. The van der Waals surface area contributed by atoms with E-state index in [4.69, 9.17) is 0 Å². The number of benzene rings is 2. The first-order valence-electron chi connectivity index (χ1n) is 8.26. The zero-order chi connectivity index (χ0) is 18.5. The van der Waals surface area contributed by atoms with E-state index in [1.165, 1.54) is 18.2 Å². The van der Waals surface area contributed by atoms with E-state index in [-0.39, 0.29) is 18.0 Å². The molecule has 0 aliphatic rings. The molecule has 1 heterocycles. The Hall–Kier alpha value is -2.67. The van der Waals surface area contributed by atoms with E-state index >= 15 is 0 Å². The number of carbonyl (C=O) groups excluding carboxylic acids is 1. The fourth-order valence-electron chi connectivity index (χ4n) is 2.55. The normalized spacial score (nSPS) is 10.7. The van der Waals surface area contributed by atoms with Crippen molar-refractivity contribution in [1.82, 2.24) is 20.1 Å². The second-order valence-electron chi connectivity index (χ2n) is 5.70. The van der Waals surface area contributed by atoms with E-state index in [0.717, 1.165) is 22.2 Å². The molecule has 0 aliphatic heterocycles. The summed E-state index contributed by atoms with van der Waals surface area (Å²) in [4.78, 5) is 12.3. The number of aryl methyl sites for hydroxylation is 1. The fraction of sp³-hybridized carbons (Fsp3) is 0.211. The van der Waals surface area contributed by atoms with Crippen molar-refractivity contribution in [2.75, 3.05) is 5.75 Å². The Morgan fingerprint density at radius 2 is 2.00 bits per heavy atom.